The van der Waals surface area contributed by atoms with Gasteiger partial charge in [-0.15, -0.1) is 11.3 Å². The van der Waals surface area contributed by atoms with E-state index in [4.69, 9.17) is 0 Å². The standard InChI is InChI=1S/C21H22N2O3S2/c1-4-16-6-5-7-17(14-16)22-21(24)20-19(12-13-27-20)28(25,26)23(3)18-10-8-15(2)9-11-18/h5-14H,4H2,1-3H3,(H,22,24). The summed E-state index contributed by atoms with van der Waals surface area (Å²) in [5.74, 6) is -0.431. The van der Waals surface area contributed by atoms with Crippen LogP contribution < -0.4 is 9.62 Å². The lowest BCUT2D eigenvalue weighted by Gasteiger charge is -2.20. The number of benzene rings is 2. The van der Waals surface area contributed by atoms with Crippen molar-refractivity contribution in [1.29, 1.82) is 0 Å². The average Bonchev–Trinajstić information content (AvgIpc) is 3.19. The molecule has 0 bridgehead atoms. The largest absolute Gasteiger partial charge is 0.321 e. The molecular weight excluding hydrogens is 392 g/mol. The van der Waals surface area contributed by atoms with Crippen molar-refractivity contribution in [2.45, 2.75) is 25.2 Å². The lowest BCUT2D eigenvalue weighted by atomic mass is 10.1. The van der Waals surface area contributed by atoms with E-state index < -0.39 is 15.9 Å². The molecule has 0 atom stereocenters. The van der Waals surface area contributed by atoms with Gasteiger partial charge in [-0.3, -0.25) is 9.10 Å². The quantitative estimate of drug-likeness (QED) is 0.636. The highest BCUT2D eigenvalue weighted by Crippen LogP contribution is 2.29. The van der Waals surface area contributed by atoms with Crippen LogP contribution in [-0.2, 0) is 16.4 Å². The maximum atomic E-state index is 13.1. The van der Waals surface area contributed by atoms with Crippen LogP contribution >= 0.6 is 11.3 Å². The minimum absolute atomic E-state index is 0.00437. The van der Waals surface area contributed by atoms with Crippen molar-refractivity contribution in [2.75, 3.05) is 16.7 Å². The van der Waals surface area contributed by atoms with E-state index in [-0.39, 0.29) is 9.77 Å². The molecule has 0 spiro atoms. The smallest absolute Gasteiger partial charge is 0.267 e. The third-order valence-corrected chi connectivity index (χ3v) is 7.33. The Morgan fingerprint density at radius 2 is 1.82 bits per heavy atom. The highest BCUT2D eigenvalue weighted by atomic mass is 32.2. The molecular formula is C21H22N2O3S2. The molecule has 0 aliphatic carbocycles. The maximum absolute atomic E-state index is 13.1. The summed E-state index contributed by atoms with van der Waals surface area (Å²) in [6.07, 6.45) is 0.851. The van der Waals surface area contributed by atoms with Crippen LogP contribution in [0.2, 0.25) is 0 Å². The van der Waals surface area contributed by atoms with E-state index in [2.05, 4.69) is 5.32 Å². The van der Waals surface area contributed by atoms with Gasteiger partial charge in [0, 0.05) is 12.7 Å². The van der Waals surface area contributed by atoms with Gasteiger partial charge < -0.3 is 5.32 Å². The summed E-state index contributed by atoms with van der Waals surface area (Å²) >= 11 is 1.11. The monoisotopic (exact) mass is 414 g/mol. The molecule has 3 aromatic rings. The lowest BCUT2D eigenvalue weighted by Crippen LogP contribution is -2.28. The van der Waals surface area contributed by atoms with E-state index in [9.17, 15) is 13.2 Å². The predicted molar refractivity (Wildman–Crippen MR) is 115 cm³/mol. The van der Waals surface area contributed by atoms with E-state index >= 15 is 0 Å². The topological polar surface area (TPSA) is 66.5 Å². The summed E-state index contributed by atoms with van der Waals surface area (Å²) in [7, 11) is -2.37. The minimum Gasteiger partial charge on any atom is -0.321 e. The molecule has 0 unspecified atom stereocenters. The van der Waals surface area contributed by atoms with E-state index in [1.54, 1.807) is 23.6 Å². The third-order valence-electron chi connectivity index (χ3n) is 4.46. The number of anilines is 2. The maximum Gasteiger partial charge on any atom is 0.267 e. The Balaban J connectivity index is 1.89. The van der Waals surface area contributed by atoms with E-state index in [0.717, 1.165) is 28.9 Å². The van der Waals surface area contributed by atoms with Crippen LogP contribution in [0, 0.1) is 6.92 Å². The summed E-state index contributed by atoms with van der Waals surface area (Å²) in [5.41, 5.74) is 3.32. The molecule has 0 fully saturated rings. The first-order valence-electron chi connectivity index (χ1n) is 8.86. The Bertz CT molecular complexity index is 1090. The summed E-state index contributed by atoms with van der Waals surface area (Å²) in [6.45, 7) is 3.97. The van der Waals surface area contributed by atoms with E-state index in [0.29, 0.717) is 11.4 Å². The fourth-order valence-electron chi connectivity index (χ4n) is 2.76. The van der Waals surface area contributed by atoms with Gasteiger partial charge in [0.15, 0.2) is 0 Å². The first kappa shape index (κ1) is 20.1. The van der Waals surface area contributed by atoms with Crippen LogP contribution in [-0.4, -0.2) is 21.4 Å². The number of nitrogens with one attached hydrogen (secondary N) is 1. The number of carbonyl (C=O) groups is 1. The molecule has 1 N–H and O–H groups in total. The van der Waals surface area contributed by atoms with Crippen molar-refractivity contribution < 1.29 is 13.2 Å². The van der Waals surface area contributed by atoms with Crippen LogP contribution in [0.15, 0.2) is 64.9 Å². The Morgan fingerprint density at radius 1 is 1.11 bits per heavy atom. The average molecular weight is 415 g/mol. The molecule has 1 heterocycles. The second kappa shape index (κ2) is 8.16. The summed E-state index contributed by atoms with van der Waals surface area (Å²) in [6, 6.07) is 16.2. The molecule has 3 rings (SSSR count). The normalized spacial score (nSPS) is 11.2. The van der Waals surface area contributed by atoms with Crippen LogP contribution in [0.1, 0.15) is 27.7 Å². The van der Waals surface area contributed by atoms with Gasteiger partial charge in [0.25, 0.3) is 15.9 Å². The second-order valence-corrected chi connectivity index (χ2v) is 9.28. The zero-order valence-corrected chi connectivity index (χ0v) is 17.6. The molecule has 0 saturated heterocycles. The molecule has 0 aliphatic heterocycles. The summed E-state index contributed by atoms with van der Waals surface area (Å²) < 4.78 is 27.4. The number of hydrogen-bond donors (Lipinski definition) is 1. The fraction of sp³-hybridized carbons (Fsp3) is 0.190. The molecule has 5 nitrogen and oxygen atoms in total. The Morgan fingerprint density at radius 3 is 2.50 bits per heavy atom. The van der Waals surface area contributed by atoms with Crippen molar-refractivity contribution in [1.82, 2.24) is 0 Å². The molecule has 146 valence electrons. The second-order valence-electron chi connectivity index (χ2n) is 6.43. The number of thiophene rings is 1. The number of amides is 1. The minimum atomic E-state index is -3.86. The van der Waals surface area contributed by atoms with Crippen molar-refractivity contribution in [3.63, 3.8) is 0 Å². The molecule has 1 aromatic heterocycles. The molecule has 2 aromatic carbocycles. The van der Waals surface area contributed by atoms with Crippen molar-refractivity contribution in [2.24, 2.45) is 0 Å². The van der Waals surface area contributed by atoms with Gasteiger partial charge in [-0.05, 0) is 54.6 Å². The third kappa shape index (κ3) is 4.10. The van der Waals surface area contributed by atoms with Crippen LogP contribution in [0.3, 0.4) is 0 Å². The van der Waals surface area contributed by atoms with Gasteiger partial charge >= 0.3 is 0 Å². The molecule has 0 saturated carbocycles. The first-order chi connectivity index (χ1) is 13.3. The van der Waals surface area contributed by atoms with Crippen LogP contribution in [0.25, 0.3) is 0 Å². The van der Waals surface area contributed by atoms with Crippen molar-refractivity contribution in [3.8, 4) is 0 Å². The molecule has 1 amide bonds. The molecule has 0 radical (unpaired) electrons. The van der Waals surface area contributed by atoms with Gasteiger partial charge in [0.05, 0.1) is 5.69 Å². The number of carbonyl (C=O) groups excluding carboxylic acids is 1. The molecule has 7 heteroatoms. The van der Waals surface area contributed by atoms with Crippen molar-refractivity contribution in [3.05, 3.63) is 76.0 Å². The highest BCUT2D eigenvalue weighted by Gasteiger charge is 2.28. The van der Waals surface area contributed by atoms with Crippen molar-refractivity contribution >= 4 is 38.6 Å². The first-order valence-corrected chi connectivity index (χ1v) is 11.2. The zero-order chi connectivity index (χ0) is 20.3. The number of rotatable bonds is 6. The number of nitrogens with zero attached hydrogens (tertiary/aromatic N) is 1. The highest BCUT2D eigenvalue weighted by molar-refractivity contribution is 7.93. The predicted octanol–water partition coefficient (Wildman–Crippen LogP) is 4.70. The fourth-order valence-corrected chi connectivity index (χ4v) is 5.25. The SMILES string of the molecule is CCc1cccc(NC(=O)c2sccc2S(=O)(=O)N(C)c2ccc(C)cc2)c1. The Kier molecular flexibility index (Phi) is 5.86. The molecule has 0 aliphatic rings. The van der Waals surface area contributed by atoms with Crippen LogP contribution in [0.4, 0.5) is 11.4 Å². The van der Waals surface area contributed by atoms with Gasteiger partial charge in [-0.25, -0.2) is 8.42 Å². The zero-order valence-electron chi connectivity index (χ0n) is 16.0. The van der Waals surface area contributed by atoms with E-state index in [1.807, 2.05) is 44.2 Å². The number of sulfonamides is 1. The summed E-state index contributed by atoms with van der Waals surface area (Å²) in [4.78, 5) is 12.9. The van der Waals surface area contributed by atoms with Crippen LogP contribution in [0.5, 0.6) is 0 Å². The lowest BCUT2D eigenvalue weighted by molar-refractivity contribution is 0.102. The Labute approximate surface area is 169 Å². The number of hydrogen-bond acceptors (Lipinski definition) is 4. The Hall–Kier alpha value is -2.64. The molecule has 28 heavy (non-hydrogen) atoms. The van der Waals surface area contributed by atoms with Gasteiger partial charge in [0.2, 0.25) is 0 Å². The van der Waals surface area contributed by atoms with E-state index in [1.165, 1.54) is 17.4 Å². The summed E-state index contributed by atoms with van der Waals surface area (Å²) in [5, 5.41) is 4.42. The number of aryl methyl sites for hydroxylation is 2. The van der Waals surface area contributed by atoms with Gasteiger partial charge in [-0.2, -0.15) is 0 Å². The van der Waals surface area contributed by atoms with Gasteiger partial charge in [0.1, 0.15) is 9.77 Å². The van der Waals surface area contributed by atoms with Gasteiger partial charge in [-0.1, -0.05) is 36.8 Å².